The van der Waals surface area contributed by atoms with E-state index < -0.39 is 0 Å². The molecule has 4 fully saturated rings. The maximum atomic E-state index is 12.6. The minimum Gasteiger partial charge on any atom is -0.309 e. The molecule has 2 saturated heterocycles. The highest BCUT2D eigenvalue weighted by atomic mass is 16.2. The molecule has 4 bridgehead atoms. The van der Waals surface area contributed by atoms with E-state index in [9.17, 15) is 4.79 Å². The summed E-state index contributed by atoms with van der Waals surface area (Å²) in [6.07, 6.45) is 15.2. The smallest absolute Gasteiger partial charge is 0.224 e. The molecule has 0 unspecified atom stereocenters. The fraction of sp³-hybridized carbons (Fsp3) is 0.720. The molecule has 3 heteroatoms. The van der Waals surface area contributed by atoms with E-state index >= 15 is 0 Å². The topological polar surface area (TPSA) is 23.6 Å². The fourth-order valence-electron chi connectivity index (χ4n) is 7.37. The maximum Gasteiger partial charge on any atom is 0.224 e. The van der Waals surface area contributed by atoms with Gasteiger partial charge in [-0.3, -0.25) is 9.69 Å². The Kier molecular flexibility index (Phi) is 5.21. The Labute approximate surface area is 170 Å². The molecule has 4 aliphatic rings. The van der Waals surface area contributed by atoms with Gasteiger partial charge in [0.15, 0.2) is 0 Å². The monoisotopic (exact) mass is 380 g/mol. The van der Waals surface area contributed by atoms with Crippen molar-refractivity contribution in [3.05, 3.63) is 30.3 Å². The fourth-order valence-corrected chi connectivity index (χ4v) is 7.37. The number of hydrogen-bond acceptors (Lipinski definition) is 2. The molecule has 0 aromatic heterocycles. The molecule has 6 atom stereocenters. The average molecular weight is 381 g/mol. The first kappa shape index (κ1) is 18.7. The Morgan fingerprint density at radius 2 is 1.43 bits per heavy atom. The van der Waals surface area contributed by atoms with Crippen LogP contribution in [0.3, 0.4) is 0 Å². The molecule has 0 radical (unpaired) electrons. The Morgan fingerprint density at radius 3 is 2.04 bits per heavy atom. The molecule has 28 heavy (non-hydrogen) atoms. The van der Waals surface area contributed by atoms with Crippen LogP contribution in [0.5, 0.6) is 0 Å². The molecule has 0 N–H and O–H groups in total. The minimum atomic E-state index is 0.204. The van der Waals surface area contributed by atoms with Crippen LogP contribution in [-0.4, -0.2) is 35.0 Å². The number of fused-ring (bicyclic) bond motifs is 4. The zero-order chi connectivity index (χ0) is 19.1. The number of rotatable bonds is 3. The third kappa shape index (κ3) is 3.51. The van der Waals surface area contributed by atoms with E-state index in [1.54, 1.807) is 6.92 Å². The highest BCUT2D eigenvalue weighted by Crippen LogP contribution is 2.46. The van der Waals surface area contributed by atoms with Crippen molar-refractivity contribution in [1.82, 2.24) is 4.90 Å². The van der Waals surface area contributed by atoms with Crippen LogP contribution in [0.4, 0.5) is 5.69 Å². The second kappa shape index (κ2) is 7.82. The predicted molar refractivity (Wildman–Crippen MR) is 114 cm³/mol. The van der Waals surface area contributed by atoms with Gasteiger partial charge in [0.25, 0.3) is 0 Å². The van der Waals surface area contributed by atoms with E-state index in [1.165, 1.54) is 57.8 Å². The largest absolute Gasteiger partial charge is 0.309 e. The number of para-hydroxylation sites is 1. The number of carbonyl (C=O) groups is 1. The lowest BCUT2D eigenvalue weighted by Crippen LogP contribution is -2.61. The lowest BCUT2D eigenvalue weighted by atomic mass is 9.68. The van der Waals surface area contributed by atoms with Crippen molar-refractivity contribution in [3.8, 4) is 0 Å². The summed E-state index contributed by atoms with van der Waals surface area (Å²) >= 11 is 0. The van der Waals surface area contributed by atoms with Crippen LogP contribution in [0.2, 0.25) is 0 Å². The van der Waals surface area contributed by atoms with Gasteiger partial charge < -0.3 is 4.90 Å². The van der Waals surface area contributed by atoms with Gasteiger partial charge in [0.2, 0.25) is 5.91 Å². The number of piperidine rings is 2. The van der Waals surface area contributed by atoms with Crippen molar-refractivity contribution < 1.29 is 4.79 Å². The summed E-state index contributed by atoms with van der Waals surface area (Å²) < 4.78 is 0. The Morgan fingerprint density at radius 1 is 0.821 bits per heavy atom. The first-order chi connectivity index (χ1) is 13.7. The van der Waals surface area contributed by atoms with Crippen molar-refractivity contribution >= 4 is 11.6 Å². The zero-order valence-electron chi connectivity index (χ0n) is 17.4. The maximum absolute atomic E-state index is 12.6. The molecule has 2 aliphatic heterocycles. The molecule has 1 amide bonds. The lowest BCUT2D eigenvalue weighted by Gasteiger charge is -2.56. The van der Waals surface area contributed by atoms with Gasteiger partial charge in [-0.1, -0.05) is 43.9 Å². The Bertz CT molecular complexity index is 663. The van der Waals surface area contributed by atoms with Gasteiger partial charge in [-0.25, -0.2) is 0 Å². The highest BCUT2D eigenvalue weighted by Gasteiger charge is 2.46. The number of benzene rings is 1. The molecular weight excluding hydrogens is 344 g/mol. The van der Waals surface area contributed by atoms with E-state index in [4.69, 9.17) is 0 Å². The van der Waals surface area contributed by atoms with Gasteiger partial charge in [-0.2, -0.15) is 0 Å². The number of anilines is 1. The van der Waals surface area contributed by atoms with Crippen LogP contribution >= 0.6 is 0 Å². The van der Waals surface area contributed by atoms with Crippen molar-refractivity contribution in [2.24, 2.45) is 11.8 Å². The molecule has 2 heterocycles. The lowest BCUT2D eigenvalue weighted by molar-refractivity contribution is -0.118. The van der Waals surface area contributed by atoms with Crippen LogP contribution in [0.25, 0.3) is 0 Å². The minimum absolute atomic E-state index is 0.204. The highest BCUT2D eigenvalue weighted by molar-refractivity contribution is 5.92. The van der Waals surface area contributed by atoms with Gasteiger partial charge in [-0.15, -0.1) is 0 Å². The summed E-state index contributed by atoms with van der Waals surface area (Å²) in [5.74, 6) is 2.19. The van der Waals surface area contributed by atoms with Gasteiger partial charge >= 0.3 is 0 Å². The van der Waals surface area contributed by atoms with Crippen LogP contribution in [0.1, 0.15) is 77.6 Å². The summed E-state index contributed by atoms with van der Waals surface area (Å²) in [6, 6.07) is 12.9. The standard InChI is InChI=1S/C25H36N2O/c1-18(28)26(21-9-3-2-4-10-21)25-16-22-11-6-12-23(17-25)27(22)24-14-19-7-5-8-20(13-19)15-24/h2-4,9-10,19-20,22-25H,5-8,11-17H2,1H3/t19-,20+,22-,23+,24+,25+. The van der Waals surface area contributed by atoms with E-state index in [0.717, 1.165) is 36.4 Å². The third-order valence-corrected chi connectivity index (χ3v) is 8.27. The zero-order valence-corrected chi connectivity index (χ0v) is 17.4. The van der Waals surface area contributed by atoms with Crippen molar-refractivity contribution in [3.63, 3.8) is 0 Å². The molecule has 1 aromatic carbocycles. The second-order valence-corrected chi connectivity index (χ2v) is 10.1. The molecule has 5 rings (SSSR count). The molecule has 152 valence electrons. The second-order valence-electron chi connectivity index (χ2n) is 10.1. The molecule has 2 aliphatic carbocycles. The Balaban J connectivity index is 1.36. The van der Waals surface area contributed by atoms with Gasteiger partial charge in [0, 0.05) is 36.8 Å². The Hall–Kier alpha value is -1.35. The number of hydrogen-bond donors (Lipinski definition) is 0. The van der Waals surface area contributed by atoms with Crippen molar-refractivity contribution in [1.29, 1.82) is 0 Å². The normalized spacial score (nSPS) is 38.0. The summed E-state index contributed by atoms with van der Waals surface area (Å²) in [5, 5.41) is 0. The first-order valence-electron chi connectivity index (χ1n) is 11.8. The molecule has 3 nitrogen and oxygen atoms in total. The van der Waals surface area contributed by atoms with E-state index in [-0.39, 0.29) is 5.91 Å². The SMILES string of the molecule is CC(=O)N(c1ccccc1)[C@H]1C[C@H]2CCC[C@@H](C1)N2[C@H]1C[C@@H]2CCC[C@@H](C2)C1. The van der Waals surface area contributed by atoms with Crippen molar-refractivity contribution in [2.75, 3.05) is 4.90 Å². The van der Waals surface area contributed by atoms with Gasteiger partial charge in [0.1, 0.15) is 0 Å². The van der Waals surface area contributed by atoms with E-state index in [0.29, 0.717) is 18.1 Å². The summed E-state index contributed by atoms with van der Waals surface area (Å²) in [5.41, 5.74) is 1.08. The van der Waals surface area contributed by atoms with Crippen LogP contribution < -0.4 is 4.90 Å². The average Bonchev–Trinajstić information content (AvgIpc) is 2.67. The van der Waals surface area contributed by atoms with Crippen LogP contribution in [0, 0.1) is 11.8 Å². The predicted octanol–water partition coefficient (Wildman–Crippen LogP) is 5.39. The summed E-state index contributed by atoms with van der Waals surface area (Å²) in [7, 11) is 0. The van der Waals surface area contributed by atoms with Gasteiger partial charge in [-0.05, 0) is 68.9 Å². The van der Waals surface area contributed by atoms with E-state index in [2.05, 4.69) is 34.1 Å². The van der Waals surface area contributed by atoms with Crippen LogP contribution in [-0.2, 0) is 4.79 Å². The third-order valence-electron chi connectivity index (χ3n) is 8.27. The number of amides is 1. The van der Waals surface area contributed by atoms with Gasteiger partial charge in [0.05, 0.1) is 0 Å². The number of nitrogens with zero attached hydrogens (tertiary/aromatic N) is 2. The van der Waals surface area contributed by atoms with E-state index in [1.807, 2.05) is 6.07 Å². The summed E-state index contributed by atoms with van der Waals surface area (Å²) in [4.78, 5) is 17.7. The molecular formula is C25H36N2O. The van der Waals surface area contributed by atoms with Crippen LogP contribution in [0.15, 0.2) is 30.3 Å². The summed E-state index contributed by atoms with van der Waals surface area (Å²) in [6.45, 7) is 1.75. The first-order valence-corrected chi connectivity index (χ1v) is 11.8. The molecule has 2 saturated carbocycles. The number of carbonyl (C=O) groups excluding carboxylic acids is 1. The molecule has 1 aromatic rings. The molecule has 0 spiro atoms. The quantitative estimate of drug-likeness (QED) is 0.701. The van der Waals surface area contributed by atoms with Crippen molar-refractivity contribution in [2.45, 2.75) is 102 Å².